The molecule has 1 aliphatic heterocycles. The molecule has 1 aliphatic rings. The van der Waals surface area contributed by atoms with Crippen LogP contribution < -0.4 is 0 Å². The minimum Gasteiger partial charge on any atom is -0.481 e. The highest BCUT2D eigenvalue weighted by atomic mass is 19.4. The molecule has 3 unspecified atom stereocenters. The maximum Gasteiger partial charge on any atom is 0.404 e. The Kier molecular flexibility index (Phi) is 5.01. The third-order valence-electron chi connectivity index (χ3n) is 3.75. The van der Waals surface area contributed by atoms with E-state index in [0.717, 1.165) is 12.8 Å². The molecule has 6 heteroatoms. The van der Waals surface area contributed by atoms with E-state index >= 15 is 0 Å². The van der Waals surface area contributed by atoms with Gasteiger partial charge in [0.05, 0.1) is 6.42 Å². The molecule has 18 heavy (non-hydrogen) atoms. The van der Waals surface area contributed by atoms with Gasteiger partial charge in [0, 0.05) is 12.6 Å². The maximum absolute atomic E-state index is 13.0. The number of nitrogens with zero attached hydrogens (tertiary/aromatic N) is 1. The van der Waals surface area contributed by atoms with Crippen LogP contribution in [0.3, 0.4) is 0 Å². The van der Waals surface area contributed by atoms with E-state index in [1.807, 2.05) is 6.92 Å². The van der Waals surface area contributed by atoms with Crippen LogP contribution in [-0.2, 0) is 4.79 Å². The quantitative estimate of drug-likeness (QED) is 0.851. The van der Waals surface area contributed by atoms with Gasteiger partial charge in [0.2, 0.25) is 0 Å². The molecule has 0 aromatic heterocycles. The number of hydrogen-bond donors (Lipinski definition) is 1. The van der Waals surface area contributed by atoms with Gasteiger partial charge in [0.1, 0.15) is 6.04 Å². The van der Waals surface area contributed by atoms with Gasteiger partial charge in [-0.25, -0.2) is 0 Å². The Labute approximate surface area is 105 Å². The zero-order valence-electron chi connectivity index (χ0n) is 10.7. The molecule has 0 aromatic carbocycles. The number of rotatable bonds is 4. The number of carboxylic acids is 1. The van der Waals surface area contributed by atoms with Crippen LogP contribution in [0.4, 0.5) is 13.2 Å². The summed E-state index contributed by atoms with van der Waals surface area (Å²) in [5, 5.41) is 8.66. The molecule has 1 heterocycles. The molecule has 1 rings (SSSR count). The van der Waals surface area contributed by atoms with Crippen molar-refractivity contribution in [3.8, 4) is 0 Å². The van der Waals surface area contributed by atoms with Gasteiger partial charge in [-0.1, -0.05) is 13.3 Å². The molecule has 3 atom stereocenters. The fraction of sp³-hybridized carbons (Fsp3) is 0.917. The molecule has 0 bridgehead atoms. The second-order valence-corrected chi connectivity index (χ2v) is 5.05. The zero-order valence-corrected chi connectivity index (χ0v) is 10.7. The Morgan fingerprint density at radius 1 is 1.44 bits per heavy atom. The van der Waals surface area contributed by atoms with Crippen molar-refractivity contribution in [2.24, 2.45) is 5.92 Å². The fourth-order valence-corrected chi connectivity index (χ4v) is 2.57. The molecular weight excluding hydrogens is 247 g/mol. The van der Waals surface area contributed by atoms with Crippen molar-refractivity contribution < 1.29 is 23.1 Å². The van der Waals surface area contributed by atoms with Gasteiger partial charge >= 0.3 is 12.1 Å². The second-order valence-electron chi connectivity index (χ2n) is 5.05. The van der Waals surface area contributed by atoms with E-state index in [-0.39, 0.29) is 12.0 Å². The number of carboxylic acid groups (broad SMARTS) is 1. The Balaban J connectivity index is 2.85. The van der Waals surface area contributed by atoms with Crippen LogP contribution in [-0.4, -0.2) is 40.8 Å². The lowest BCUT2D eigenvalue weighted by molar-refractivity contribution is -0.200. The number of alkyl halides is 3. The van der Waals surface area contributed by atoms with E-state index in [0.29, 0.717) is 13.0 Å². The summed E-state index contributed by atoms with van der Waals surface area (Å²) in [5.74, 6) is -1.16. The standard InChI is InChI=1S/C12H20F3NO2/c1-3-9-5-4-8(2)16(7-9)10(6-11(17)18)12(13,14)15/h8-10H,3-7H2,1-2H3,(H,17,18). The third-order valence-corrected chi connectivity index (χ3v) is 3.75. The van der Waals surface area contributed by atoms with E-state index < -0.39 is 24.6 Å². The van der Waals surface area contributed by atoms with Crippen molar-refractivity contribution in [1.82, 2.24) is 4.90 Å². The Hall–Kier alpha value is -0.780. The van der Waals surface area contributed by atoms with E-state index in [2.05, 4.69) is 0 Å². The average Bonchev–Trinajstić information content (AvgIpc) is 2.25. The molecule has 106 valence electrons. The molecule has 0 amide bonds. The summed E-state index contributed by atoms with van der Waals surface area (Å²) in [6.07, 6.45) is -2.90. The first-order valence-electron chi connectivity index (χ1n) is 6.30. The van der Waals surface area contributed by atoms with E-state index in [4.69, 9.17) is 5.11 Å². The van der Waals surface area contributed by atoms with Gasteiger partial charge in [-0.05, 0) is 25.7 Å². The summed E-state index contributed by atoms with van der Waals surface area (Å²) >= 11 is 0. The van der Waals surface area contributed by atoms with Gasteiger partial charge in [0.15, 0.2) is 0 Å². The molecule has 0 saturated carbocycles. The lowest BCUT2D eigenvalue weighted by Crippen LogP contribution is -2.54. The van der Waals surface area contributed by atoms with Crippen LogP contribution in [0.15, 0.2) is 0 Å². The summed E-state index contributed by atoms with van der Waals surface area (Å²) in [4.78, 5) is 12.0. The molecule has 1 fully saturated rings. The molecule has 0 aliphatic carbocycles. The molecule has 0 spiro atoms. The summed E-state index contributed by atoms with van der Waals surface area (Å²) < 4.78 is 38.9. The number of halogens is 3. The third kappa shape index (κ3) is 3.86. The summed E-state index contributed by atoms with van der Waals surface area (Å²) in [6.45, 7) is 4.04. The molecule has 1 saturated heterocycles. The first kappa shape index (κ1) is 15.3. The SMILES string of the molecule is CCC1CCC(C)N(C(CC(=O)O)C(F)(F)F)C1. The smallest absolute Gasteiger partial charge is 0.404 e. The van der Waals surface area contributed by atoms with E-state index in [1.54, 1.807) is 6.92 Å². The van der Waals surface area contributed by atoms with Crippen LogP contribution in [0.1, 0.15) is 39.5 Å². The van der Waals surface area contributed by atoms with Gasteiger partial charge in [-0.15, -0.1) is 0 Å². The highest BCUT2D eigenvalue weighted by Crippen LogP contribution is 2.34. The Morgan fingerprint density at radius 2 is 2.06 bits per heavy atom. The van der Waals surface area contributed by atoms with Gasteiger partial charge in [0.25, 0.3) is 0 Å². The maximum atomic E-state index is 13.0. The predicted octanol–water partition coefficient (Wildman–Crippen LogP) is 2.90. The van der Waals surface area contributed by atoms with Crippen LogP contribution in [0.5, 0.6) is 0 Å². The lowest BCUT2D eigenvalue weighted by atomic mass is 9.89. The first-order valence-corrected chi connectivity index (χ1v) is 6.30. The molecule has 0 radical (unpaired) electrons. The Morgan fingerprint density at radius 3 is 2.50 bits per heavy atom. The van der Waals surface area contributed by atoms with Crippen LogP contribution in [0.25, 0.3) is 0 Å². The van der Waals surface area contributed by atoms with Crippen molar-refractivity contribution in [2.45, 2.75) is 57.8 Å². The van der Waals surface area contributed by atoms with Crippen LogP contribution in [0, 0.1) is 5.92 Å². The largest absolute Gasteiger partial charge is 0.481 e. The first-order chi connectivity index (χ1) is 8.25. The van der Waals surface area contributed by atoms with Crippen molar-refractivity contribution >= 4 is 5.97 Å². The van der Waals surface area contributed by atoms with Crippen LogP contribution in [0.2, 0.25) is 0 Å². The van der Waals surface area contributed by atoms with Crippen molar-refractivity contribution in [1.29, 1.82) is 0 Å². The van der Waals surface area contributed by atoms with Gasteiger partial charge in [-0.2, -0.15) is 13.2 Å². The van der Waals surface area contributed by atoms with Crippen molar-refractivity contribution in [3.05, 3.63) is 0 Å². The zero-order chi connectivity index (χ0) is 13.9. The summed E-state index contributed by atoms with van der Waals surface area (Å²) in [5.41, 5.74) is 0. The summed E-state index contributed by atoms with van der Waals surface area (Å²) in [6, 6.07) is -2.07. The number of aliphatic carboxylic acids is 1. The van der Waals surface area contributed by atoms with Gasteiger partial charge < -0.3 is 5.11 Å². The number of carbonyl (C=O) groups is 1. The highest BCUT2D eigenvalue weighted by Gasteiger charge is 2.47. The average molecular weight is 267 g/mol. The number of likely N-dealkylation sites (tertiary alicyclic amines) is 1. The van der Waals surface area contributed by atoms with E-state index in [1.165, 1.54) is 4.90 Å². The molecule has 0 aromatic rings. The monoisotopic (exact) mass is 267 g/mol. The normalized spacial score (nSPS) is 28.1. The highest BCUT2D eigenvalue weighted by molar-refractivity contribution is 5.67. The molecule has 3 nitrogen and oxygen atoms in total. The van der Waals surface area contributed by atoms with Gasteiger partial charge in [-0.3, -0.25) is 9.69 Å². The fourth-order valence-electron chi connectivity index (χ4n) is 2.57. The Bertz CT molecular complexity index is 294. The number of piperidine rings is 1. The molecular formula is C12H20F3NO2. The van der Waals surface area contributed by atoms with E-state index in [9.17, 15) is 18.0 Å². The predicted molar refractivity (Wildman–Crippen MR) is 61.3 cm³/mol. The minimum atomic E-state index is -4.48. The topological polar surface area (TPSA) is 40.5 Å². The van der Waals surface area contributed by atoms with Crippen molar-refractivity contribution in [2.75, 3.05) is 6.54 Å². The van der Waals surface area contributed by atoms with Crippen molar-refractivity contribution in [3.63, 3.8) is 0 Å². The van der Waals surface area contributed by atoms with Crippen LogP contribution >= 0.6 is 0 Å². The number of hydrogen-bond acceptors (Lipinski definition) is 2. The minimum absolute atomic E-state index is 0.209. The lowest BCUT2D eigenvalue weighted by Gasteiger charge is -2.42. The molecule has 1 N–H and O–H groups in total. The summed E-state index contributed by atoms with van der Waals surface area (Å²) in [7, 11) is 0. The second kappa shape index (κ2) is 5.91.